The molecule has 0 spiro atoms. The van der Waals surface area contributed by atoms with Gasteiger partial charge in [-0.15, -0.1) is 0 Å². The Balaban J connectivity index is 2.11. The van der Waals surface area contributed by atoms with Crippen LogP contribution in [0.5, 0.6) is 0 Å². The molecule has 1 fully saturated rings. The van der Waals surface area contributed by atoms with E-state index in [4.69, 9.17) is 4.74 Å². The zero-order chi connectivity index (χ0) is 15.4. The lowest BCUT2D eigenvalue weighted by molar-refractivity contribution is -0.0525. The van der Waals surface area contributed by atoms with Crippen LogP contribution in [-0.2, 0) is 10.3 Å². The summed E-state index contributed by atoms with van der Waals surface area (Å²) in [7, 11) is 1.72. The molecule has 0 aromatic heterocycles. The van der Waals surface area contributed by atoms with Crippen molar-refractivity contribution in [2.45, 2.75) is 30.6 Å². The molecule has 0 amide bonds. The molecule has 2 aromatic carbocycles. The molecule has 1 aliphatic heterocycles. The first-order valence-corrected chi connectivity index (χ1v) is 7.86. The number of benzene rings is 2. The van der Waals surface area contributed by atoms with Crippen molar-refractivity contribution in [1.82, 2.24) is 5.32 Å². The van der Waals surface area contributed by atoms with E-state index in [2.05, 4.69) is 5.32 Å². The highest BCUT2D eigenvalue weighted by Crippen LogP contribution is 2.37. The molecule has 1 aliphatic rings. The van der Waals surface area contributed by atoms with Crippen LogP contribution in [0.2, 0.25) is 0 Å². The maximum Gasteiger partial charge on any atom is 0.132 e. The molecule has 1 saturated heterocycles. The van der Waals surface area contributed by atoms with Crippen LogP contribution in [0.3, 0.4) is 0 Å². The van der Waals surface area contributed by atoms with Crippen molar-refractivity contribution in [3.05, 3.63) is 71.8 Å². The fourth-order valence-electron chi connectivity index (χ4n) is 3.44. The predicted octanol–water partition coefficient (Wildman–Crippen LogP) is 2.69. The Bertz CT molecular complexity index is 545. The van der Waals surface area contributed by atoms with Gasteiger partial charge in [-0.25, -0.2) is 0 Å². The topological polar surface area (TPSA) is 41.5 Å². The van der Waals surface area contributed by atoms with E-state index in [1.54, 1.807) is 7.11 Å². The van der Waals surface area contributed by atoms with E-state index < -0.39 is 5.60 Å². The summed E-state index contributed by atoms with van der Waals surface area (Å²) in [5, 5.41) is 15.2. The van der Waals surface area contributed by atoms with Gasteiger partial charge in [-0.3, -0.25) is 0 Å². The highest BCUT2D eigenvalue weighted by molar-refractivity contribution is 5.38. The fraction of sp³-hybridized carbons (Fsp3) is 0.368. The third-order valence-corrected chi connectivity index (χ3v) is 4.58. The van der Waals surface area contributed by atoms with Crippen molar-refractivity contribution in [2.75, 3.05) is 13.7 Å². The Morgan fingerprint density at radius 3 is 2.05 bits per heavy atom. The molecule has 2 atom stereocenters. The Morgan fingerprint density at radius 1 is 1.00 bits per heavy atom. The van der Waals surface area contributed by atoms with Crippen LogP contribution in [0.4, 0.5) is 0 Å². The average Bonchev–Trinajstić information content (AvgIpc) is 2.62. The molecule has 0 bridgehead atoms. The average molecular weight is 297 g/mol. The highest BCUT2D eigenvalue weighted by Gasteiger charge is 2.45. The molecule has 22 heavy (non-hydrogen) atoms. The predicted molar refractivity (Wildman–Crippen MR) is 87.7 cm³/mol. The van der Waals surface area contributed by atoms with Crippen molar-refractivity contribution in [1.29, 1.82) is 0 Å². The normalized spacial score (nSPS) is 22.5. The largest absolute Gasteiger partial charge is 0.380 e. The van der Waals surface area contributed by atoms with E-state index in [1.165, 1.54) is 0 Å². The maximum atomic E-state index is 11.7. The molecule has 3 nitrogen and oxygen atoms in total. The summed E-state index contributed by atoms with van der Waals surface area (Å²) in [4.78, 5) is 0. The second-order valence-electron chi connectivity index (χ2n) is 5.85. The molecule has 3 rings (SSSR count). The zero-order valence-electron chi connectivity index (χ0n) is 12.9. The minimum atomic E-state index is -1.11. The van der Waals surface area contributed by atoms with E-state index in [0.717, 1.165) is 30.5 Å². The third-order valence-electron chi connectivity index (χ3n) is 4.58. The van der Waals surface area contributed by atoms with Crippen LogP contribution < -0.4 is 5.32 Å². The number of ether oxygens (including phenoxy) is 1. The van der Waals surface area contributed by atoms with E-state index in [0.29, 0.717) is 0 Å². The van der Waals surface area contributed by atoms with Crippen molar-refractivity contribution >= 4 is 0 Å². The number of methoxy groups -OCH3 is 1. The van der Waals surface area contributed by atoms with Crippen molar-refractivity contribution in [3.8, 4) is 0 Å². The lowest BCUT2D eigenvalue weighted by atomic mass is 9.76. The minimum Gasteiger partial charge on any atom is -0.380 e. The van der Waals surface area contributed by atoms with Gasteiger partial charge in [0.2, 0.25) is 0 Å². The molecular weight excluding hydrogens is 274 g/mol. The molecular formula is C19H23NO2. The fourth-order valence-corrected chi connectivity index (χ4v) is 3.44. The Kier molecular flexibility index (Phi) is 4.57. The van der Waals surface area contributed by atoms with Crippen LogP contribution in [0, 0.1) is 0 Å². The summed E-state index contributed by atoms with van der Waals surface area (Å²) >= 11 is 0. The molecule has 0 aliphatic carbocycles. The second-order valence-corrected chi connectivity index (χ2v) is 5.85. The highest BCUT2D eigenvalue weighted by atomic mass is 16.5. The summed E-state index contributed by atoms with van der Waals surface area (Å²) in [6.07, 6.45) is 2.00. The Labute approximate surface area is 131 Å². The van der Waals surface area contributed by atoms with Crippen LogP contribution in [0.25, 0.3) is 0 Å². The standard InChI is InChI=1S/C19H23NO2/c1-22-17-13-8-14-20-18(17)19(21,15-9-4-2-5-10-15)16-11-6-3-7-12-16/h2-7,9-12,17-18,20-21H,8,13-14H2,1H3/t17-,18+/m1/s1. The van der Waals surface area contributed by atoms with Crippen molar-refractivity contribution in [2.24, 2.45) is 0 Å². The number of hydrogen-bond acceptors (Lipinski definition) is 3. The Morgan fingerprint density at radius 2 is 1.55 bits per heavy atom. The van der Waals surface area contributed by atoms with Gasteiger partial charge in [-0.05, 0) is 30.5 Å². The van der Waals surface area contributed by atoms with Gasteiger partial charge in [0, 0.05) is 7.11 Å². The van der Waals surface area contributed by atoms with Crippen LogP contribution in [0.1, 0.15) is 24.0 Å². The Hall–Kier alpha value is -1.68. The SMILES string of the molecule is CO[C@@H]1CCCN[C@@H]1C(O)(c1ccccc1)c1ccccc1. The molecule has 0 saturated carbocycles. The number of rotatable bonds is 4. The maximum absolute atomic E-state index is 11.7. The third kappa shape index (κ3) is 2.68. The van der Waals surface area contributed by atoms with Gasteiger partial charge >= 0.3 is 0 Å². The van der Waals surface area contributed by atoms with Gasteiger partial charge in [-0.2, -0.15) is 0 Å². The van der Waals surface area contributed by atoms with Gasteiger partial charge < -0.3 is 15.2 Å². The molecule has 1 heterocycles. The van der Waals surface area contributed by atoms with E-state index in [9.17, 15) is 5.11 Å². The summed E-state index contributed by atoms with van der Waals surface area (Å²) in [5.41, 5.74) is 0.675. The summed E-state index contributed by atoms with van der Waals surface area (Å²) in [6, 6.07) is 19.6. The quantitative estimate of drug-likeness (QED) is 0.911. The van der Waals surface area contributed by atoms with Gasteiger partial charge in [0.25, 0.3) is 0 Å². The van der Waals surface area contributed by atoms with Crippen LogP contribution in [-0.4, -0.2) is 30.9 Å². The lowest BCUT2D eigenvalue weighted by Gasteiger charge is -2.43. The first kappa shape index (κ1) is 15.2. The molecule has 2 N–H and O–H groups in total. The molecule has 0 radical (unpaired) electrons. The van der Waals surface area contributed by atoms with Crippen molar-refractivity contribution in [3.63, 3.8) is 0 Å². The molecule has 116 valence electrons. The monoisotopic (exact) mass is 297 g/mol. The molecule has 3 heteroatoms. The lowest BCUT2D eigenvalue weighted by Crippen LogP contribution is -2.58. The van der Waals surface area contributed by atoms with Crippen molar-refractivity contribution < 1.29 is 9.84 Å². The first-order valence-electron chi connectivity index (χ1n) is 7.86. The smallest absolute Gasteiger partial charge is 0.132 e. The van der Waals surface area contributed by atoms with Gasteiger partial charge in [0.15, 0.2) is 0 Å². The minimum absolute atomic E-state index is 0.0147. The van der Waals surface area contributed by atoms with Gasteiger partial charge in [-0.1, -0.05) is 60.7 Å². The first-order chi connectivity index (χ1) is 10.8. The van der Waals surface area contributed by atoms with Gasteiger partial charge in [0.1, 0.15) is 5.60 Å². The van der Waals surface area contributed by atoms with Gasteiger partial charge in [0.05, 0.1) is 12.1 Å². The molecule has 0 unspecified atom stereocenters. The summed E-state index contributed by atoms with van der Waals surface area (Å²) in [5.74, 6) is 0. The van der Waals surface area contributed by atoms with E-state index >= 15 is 0 Å². The number of nitrogens with one attached hydrogen (secondary N) is 1. The van der Waals surface area contributed by atoms with Crippen LogP contribution >= 0.6 is 0 Å². The van der Waals surface area contributed by atoms with Crippen LogP contribution in [0.15, 0.2) is 60.7 Å². The zero-order valence-corrected chi connectivity index (χ0v) is 12.9. The van der Waals surface area contributed by atoms with E-state index in [1.807, 2.05) is 60.7 Å². The number of piperidine rings is 1. The number of aliphatic hydroxyl groups is 1. The number of hydrogen-bond donors (Lipinski definition) is 2. The molecule has 2 aromatic rings. The summed E-state index contributed by atoms with van der Waals surface area (Å²) < 4.78 is 5.67. The summed E-state index contributed by atoms with van der Waals surface area (Å²) in [6.45, 7) is 0.895. The second kappa shape index (κ2) is 6.61. The van der Waals surface area contributed by atoms with E-state index in [-0.39, 0.29) is 12.1 Å².